The number of thiophene rings is 1. The van der Waals surface area contributed by atoms with Crippen molar-refractivity contribution in [3.8, 4) is 10.8 Å². The number of aromatic nitrogens is 6. The van der Waals surface area contributed by atoms with Crippen molar-refractivity contribution >= 4 is 23.1 Å². The van der Waals surface area contributed by atoms with Gasteiger partial charge in [0.25, 0.3) is 5.89 Å². The van der Waals surface area contributed by atoms with Crippen LogP contribution < -0.4 is 0 Å². The third-order valence-corrected chi connectivity index (χ3v) is 5.39. The summed E-state index contributed by atoms with van der Waals surface area (Å²) in [5.74, 6) is 1.10. The van der Waals surface area contributed by atoms with E-state index in [-0.39, 0.29) is 5.25 Å². The topological polar surface area (TPSA) is 82.5 Å². The molecule has 9 heteroatoms. The van der Waals surface area contributed by atoms with E-state index in [4.69, 9.17) is 4.42 Å². The van der Waals surface area contributed by atoms with Crippen LogP contribution >= 0.6 is 23.1 Å². The van der Waals surface area contributed by atoms with E-state index in [1.807, 2.05) is 54.8 Å². The number of hydrogen-bond donors (Lipinski definition) is 0. The van der Waals surface area contributed by atoms with Gasteiger partial charge in [-0.05, 0) is 34.4 Å². The molecule has 1 atom stereocenters. The molecular weight excluding hydrogens is 356 g/mol. The molecule has 7 nitrogen and oxygen atoms in total. The number of hydrogen-bond acceptors (Lipinski definition) is 8. The molecule has 0 fully saturated rings. The van der Waals surface area contributed by atoms with Crippen LogP contribution in [0.1, 0.15) is 23.6 Å². The first-order chi connectivity index (χ1) is 12.3. The van der Waals surface area contributed by atoms with Crippen molar-refractivity contribution in [2.45, 2.75) is 23.9 Å². The van der Waals surface area contributed by atoms with Crippen molar-refractivity contribution in [3.05, 3.63) is 59.3 Å². The highest BCUT2D eigenvalue weighted by atomic mass is 32.2. The fourth-order valence-electron chi connectivity index (χ4n) is 2.24. The van der Waals surface area contributed by atoms with E-state index < -0.39 is 0 Å². The summed E-state index contributed by atoms with van der Waals surface area (Å²) in [4.78, 5) is 0.963. The van der Waals surface area contributed by atoms with E-state index in [0.717, 1.165) is 10.4 Å². The minimum atomic E-state index is -0.0539. The van der Waals surface area contributed by atoms with Gasteiger partial charge < -0.3 is 4.42 Å². The van der Waals surface area contributed by atoms with Gasteiger partial charge in [-0.3, -0.25) is 0 Å². The summed E-state index contributed by atoms with van der Waals surface area (Å²) in [6.07, 6.45) is 0. The zero-order chi connectivity index (χ0) is 17.1. The molecule has 3 aromatic heterocycles. The summed E-state index contributed by atoms with van der Waals surface area (Å²) in [5.41, 5.74) is 1.14. The molecule has 4 aromatic rings. The Morgan fingerprint density at radius 3 is 2.80 bits per heavy atom. The second-order valence-corrected chi connectivity index (χ2v) is 7.54. The first-order valence-electron chi connectivity index (χ1n) is 7.63. The predicted octanol–water partition coefficient (Wildman–Crippen LogP) is 3.69. The number of benzene rings is 1. The van der Waals surface area contributed by atoms with Crippen LogP contribution in [0.2, 0.25) is 0 Å². The van der Waals surface area contributed by atoms with Gasteiger partial charge in [-0.15, -0.1) is 26.6 Å². The Morgan fingerprint density at radius 1 is 1.12 bits per heavy atom. The van der Waals surface area contributed by atoms with Crippen LogP contribution in [-0.4, -0.2) is 30.4 Å². The van der Waals surface area contributed by atoms with Gasteiger partial charge in [0.2, 0.25) is 11.0 Å². The van der Waals surface area contributed by atoms with Gasteiger partial charge in [0, 0.05) is 0 Å². The summed E-state index contributed by atoms with van der Waals surface area (Å²) in [7, 11) is 0. The molecule has 0 spiro atoms. The van der Waals surface area contributed by atoms with Crippen LogP contribution in [-0.2, 0) is 6.54 Å². The summed E-state index contributed by atoms with van der Waals surface area (Å²) in [5, 5.41) is 22.9. The molecule has 0 amide bonds. The Bertz CT molecular complexity index is 935. The molecule has 1 aromatic carbocycles. The standard InChI is InChI=1S/C16H14N6OS2/c1-11(14-17-18-15(23-14)13-8-5-9-24-13)25-16-19-20-21-22(16)10-12-6-3-2-4-7-12/h2-9,11H,10H2,1H3/t11-/m0/s1. The van der Waals surface area contributed by atoms with Gasteiger partial charge in [-0.2, -0.15) is 0 Å². The first-order valence-corrected chi connectivity index (χ1v) is 9.39. The maximum absolute atomic E-state index is 5.79. The first kappa shape index (κ1) is 16.0. The van der Waals surface area contributed by atoms with Crippen molar-refractivity contribution in [1.29, 1.82) is 0 Å². The lowest BCUT2D eigenvalue weighted by Gasteiger charge is -2.07. The van der Waals surface area contributed by atoms with Gasteiger partial charge in [-0.1, -0.05) is 48.2 Å². The zero-order valence-electron chi connectivity index (χ0n) is 13.3. The molecule has 0 aliphatic carbocycles. The lowest BCUT2D eigenvalue weighted by atomic mass is 10.2. The minimum absolute atomic E-state index is 0.0539. The predicted molar refractivity (Wildman–Crippen MR) is 95.2 cm³/mol. The van der Waals surface area contributed by atoms with Gasteiger partial charge >= 0.3 is 0 Å². The lowest BCUT2D eigenvalue weighted by Crippen LogP contribution is -2.04. The fraction of sp³-hybridized carbons (Fsp3) is 0.188. The summed E-state index contributed by atoms with van der Waals surface area (Å²) in [6.45, 7) is 2.62. The highest BCUT2D eigenvalue weighted by Crippen LogP contribution is 2.34. The van der Waals surface area contributed by atoms with Crippen LogP contribution in [0.15, 0.2) is 57.4 Å². The normalized spacial score (nSPS) is 12.4. The lowest BCUT2D eigenvalue weighted by molar-refractivity contribution is 0.509. The average Bonchev–Trinajstić information content (AvgIpc) is 3.38. The molecule has 0 unspecified atom stereocenters. The Kier molecular flexibility index (Phi) is 4.57. The molecule has 0 aliphatic heterocycles. The van der Waals surface area contributed by atoms with Crippen molar-refractivity contribution in [3.63, 3.8) is 0 Å². The number of tetrazole rings is 1. The van der Waals surface area contributed by atoms with Gasteiger partial charge in [0.1, 0.15) is 0 Å². The van der Waals surface area contributed by atoms with Crippen LogP contribution in [0, 0.1) is 0 Å². The highest BCUT2D eigenvalue weighted by molar-refractivity contribution is 7.99. The Balaban J connectivity index is 1.48. The molecule has 4 rings (SSSR count). The van der Waals surface area contributed by atoms with Gasteiger partial charge in [-0.25, -0.2) is 4.68 Å². The largest absolute Gasteiger partial charge is 0.419 e. The zero-order valence-corrected chi connectivity index (χ0v) is 14.9. The van der Waals surface area contributed by atoms with E-state index in [2.05, 4.69) is 25.7 Å². The second-order valence-electron chi connectivity index (χ2n) is 5.29. The molecule has 0 radical (unpaired) electrons. The second kappa shape index (κ2) is 7.16. The Hall–Kier alpha value is -2.52. The third-order valence-electron chi connectivity index (χ3n) is 3.48. The Labute approximate surface area is 152 Å². The van der Waals surface area contributed by atoms with E-state index in [9.17, 15) is 0 Å². The third kappa shape index (κ3) is 3.62. The molecule has 0 aliphatic rings. The minimum Gasteiger partial charge on any atom is -0.419 e. The summed E-state index contributed by atoms with van der Waals surface area (Å²) in [6, 6.07) is 14.0. The summed E-state index contributed by atoms with van der Waals surface area (Å²) < 4.78 is 7.56. The maximum atomic E-state index is 5.79. The van der Waals surface area contributed by atoms with Crippen LogP contribution in [0.3, 0.4) is 0 Å². The van der Waals surface area contributed by atoms with Crippen molar-refractivity contribution in [2.24, 2.45) is 0 Å². The van der Waals surface area contributed by atoms with Gasteiger partial charge in [0.05, 0.1) is 16.7 Å². The van der Waals surface area contributed by atoms with Gasteiger partial charge in [0.15, 0.2) is 0 Å². The number of nitrogens with zero attached hydrogens (tertiary/aromatic N) is 6. The molecule has 126 valence electrons. The van der Waals surface area contributed by atoms with Crippen molar-refractivity contribution < 1.29 is 4.42 Å². The smallest absolute Gasteiger partial charge is 0.257 e. The SMILES string of the molecule is C[C@H](Sc1nnnn1Cc1ccccc1)c1nnc(-c2cccs2)o1. The van der Waals surface area contributed by atoms with Crippen LogP contribution in [0.5, 0.6) is 0 Å². The van der Waals surface area contributed by atoms with Crippen LogP contribution in [0.4, 0.5) is 0 Å². The van der Waals surface area contributed by atoms with E-state index in [0.29, 0.717) is 23.5 Å². The molecule has 0 bridgehead atoms. The molecule has 0 saturated heterocycles. The quantitative estimate of drug-likeness (QED) is 0.479. The van der Waals surface area contributed by atoms with E-state index in [1.54, 1.807) is 16.0 Å². The number of thioether (sulfide) groups is 1. The monoisotopic (exact) mass is 370 g/mol. The molecule has 0 saturated carbocycles. The van der Waals surface area contributed by atoms with Crippen molar-refractivity contribution in [1.82, 2.24) is 30.4 Å². The molecule has 3 heterocycles. The maximum Gasteiger partial charge on any atom is 0.257 e. The van der Waals surface area contributed by atoms with Crippen molar-refractivity contribution in [2.75, 3.05) is 0 Å². The van der Waals surface area contributed by atoms with E-state index >= 15 is 0 Å². The fourth-order valence-corrected chi connectivity index (χ4v) is 3.71. The Morgan fingerprint density at radius 2 is 2.00 bits per heavy atom. The highest BCUT2D eigenvalue weighted by Gasteiger charge is 2.20. The van der Waals surface area contributed by atoms with E-state index in [1.165, 1.54) is 11.8 Å². The summed E-state index contributed by atoms with van der Waals surface area (Å²) >= 11 is 3.06. The molecule has 0 N–H and O–H groups in total. The molecule has 25 heavy (non-hydrogen) atoms. The number of rotatable bonds is 6. The molecular formula is C16H14N6OS2. The average molecular weight is 370 g/mol. The van der Waals surface area contributed by atoms with Crippen LogP contribution in [0.25, 0.3) is 10.8 Å².